The first-order valence-electron chi connectivity index (χ1n) is 7.77. The lowest BCUT2D eigenvalue weighted by Crippen LogP contribution is -2.35. The molecule has 0 radical (unpaired) electrons. The van der Waals surface area contributed by atoms with Gasteiger partial charge in [0.1, 0.15) is 5.75 Å². The number of para-hydroxylation sites is 1. The molecular formula is C19H23NO2. The number of ether oxygens (including phenoxy) is 1. The van der Waals surface area contributed by atoms with E-state index in [4.69, 9.17) is 4.74 Å². The summed E-state index contributed by atoms with van der Waals surface area (Å²) >= 11 is 0. The minimum atomic E-state index is -0.0798. The van der Waals surface area contributed by atoms with Gasteiger partial charge in [0, 0.05) is 11.6 Å². The molecule has 0 saturated heterocycles. The molecule has 1 N–H and O–H groups in total. The van der Waals surface area contributed by atoms with Gasteiger partial charge in [-0.25, -0.2) is 0 Å². The fourth-order valence-corrected chi connectivity index (χ4v) is 2.41. The summed E-state index contributed by atoms with van der Waals surface area (Å²) < 4.78 is 5.72. The third-order valence-corrected chi connectivity index (χ3v) is 3.46. The minimum absolute atomic E-state index is 0.0396. The lowest BCUT2D eigenvalue weighted by Gasteiger charge is -2.14. The van der Waals surface area contributed by atoms with Gasteiger partial charge in [0.15, 0.2) is 6.61 Å². The van der Waals surface area contributed by atoms with Gasteiger partial charge in [-0.15, -0.1) is 0 Å². The van der Waals surface area contributed by atoms with E-state index in [1.807, 2.05) is 61.5 Å². The second-order valence-corrected chi connectivity index (χ2v) is 5.41. The summed E-state index contributed by atoms with van der Waals surface area (Å²) in [5, 5.41) is 2.95. The predicted molar refractivity (Wildman–Crippen MR) is 89.9 cm³/mol. The van der Waals surface area contributed by atoms with E-state index < -0.39 is 0 Å². The van der Waals surface area contributed by atoms with Gasteiger partial charge in [-0.2, -0.15) is 0 Å². The largest absolute Gasteiger partial charge is 0.483 e. The first kappa shape index (κ1) is 16.1. The molecule has 22 heavy (non-hydrogen) atoms. The molecule has 3 nitrogen and oxygen atoms in total. The molecule has 2 aromatic rings. The van der Waals surface area contributed by atoms with Gasteiger partial charge in [0.2, 0.25) is 0 Å². The molecule has 2 rings (SSSR count). The van der Waals surface area contributed by atoms with Crippen LogP contribution < -0.4 is 10.1 Å². The van der Waals surface area contributed by atoms with Crippen molar-refractivity contribution in [1.29, 1.82) is 0 Å². The average molecular weight is 297 g/mol. The summed E-state index contributed by atoms with van der Waals surface area (Å²) in [7, 11) is 0. The molecule has 0 aliphatic heterocycles. The van der Waals surface area contributed by atoms with Crippen LogP contribution in [0.25, 0.3) is 11.1 Å². The maximum Gasteiger partial charge on any atom is 0.258 e. The van der Waals surface area contributed by atoms with E-state index in [1.165, 1.54) is 0 Å². The second-order valence-electron chi connectivity index (χ2n) is 5.41. The van der Waals surface area contributed by atoms with E-state index in [1.54, 1.807) is 0 Å². The maximum atomic E-state index is 11.9. The van der Waals surface area contributed by atoms with Crippen LogP contribution in [0.1, 0.15) is 26.7 Å². The summed E-state index contributed by atoms with van der Waals surface area (Å²) in [5.74, 6) is 0.649. The standard InChI is InChI=1S/C19H23NO2/c1-3-9-15(2)20-19(21)14-22-18-13-8-7-12-17(18)16-10-5-4-6-11-16/h4-8,10-13,15H,3,9,14H2,1-2H3,(H,20,21)/t15-/m0/s1. The smallest absolute Gasteiger partial charge is 0.258 e. The van der Waals surface area contributed by atoms with Crippen molar-refractivity contribution in [2.24, 2.45) is 0 Å². The van der Waals surface area contributed by atoms with Gasteiger partial charge in [-0.3, -0.25) is 4.79 Å². The van der Waals surface area contributed by atoms with E-state index in [0.29, 0.717) is 0 Å². The van der Waals surface area contributed by atoms with Crippen LogP contribution in [0.2, 0.25) is 0 Å². The van der Waals surface area contributed by atoms with Crippen LogP contribution in [-0.4, -0.2) is 18.6 Å². The van der Waals surface area contributed by atoms with Crippen molar-refractivity contribution in [2.75, 3.05) is 6.61 Å². The number of rotatable bonds is 7. The lowest BCUT2D eigenvalue weighted by molar-refractivity contribution is -0.123. The molecule has 1 amide bonds. The summed E-state index contributed by atoms with van der Waals surface area (Å²) in [6.07, 6.45) is 2.03. The Morgan fingerprint density at radius 2 is 1.77 bits per heavy atom. The number of hydrogen-bond donors (Lipinski definition) is 1. The van der Waals surface area contributed by atoms with E-state index >= 15 is 0 Å². The molecule has 3 heteroatoms. The highest BCUT2D eigenvalue weighted by atomic mass is 16.5. The third-order valence-electron chi connectivity index (χ3n) is 3.46. The Kier molecular flexibility index (Phi) is 6.01. The first-order chi connectivity index (χ1) is 10.7. The van der Waals surface area contributed by atoms with Crippen LogP contribution in [0.5, 0.6) is 5.75 Å². The number of carbonyl (C=O) groups is 1. The van der Waals surface area contributed by atoms with Crippen LogP contribution in [0.4, 0.5) is 0 Å². The number of hydrogen-bond acceptors (Lipinski definition) is 2. The van der Waals surface area contributed by atoms with Crippen molar-refractivity contribution in [1.82, 2.24) is 5.32 Å². The third kappa shape index (κ3) is 4.62. The van der Waals surface area contributed by atoms with Crippen molar-refractivity contribution in [3.8, 4) is 16.9 Å². The van der Waals surface area contributed by atoms with E-state index in [2.05, 4.69) is 12.2 Å². The zero-order valence-electron chi connectivity index (χ0n) is 13.2. The maximum absolute atomic E-state index is 11.9. The molecule has 0 bridgehead atoms. The Labute approximate surface area is 132 Å². The van der Waals surface area contributed by atoms with Crippen LogP contribution in [0.3, 0.4) is 0 Å². The Hall–Kier alpha value is -2.29. The zero-order valence-corrected chi connectivity index (χ0v) is 13.2. The molecule has 0 aromatic heterocycles. The van der Waals surface area contributed by atoms with Crippen molar-refractivity contribution < 1.29 is 9.53 Å². The fraction of sp³-hybridized carbons (Fsp3) is 0.316. The van der Waals surface area contributed by atoms with E-state index in [-0.39, 0.29) is 18.6 Å². The van der Waals surface area contributed by atoms with Crippen LogP contribution in [0, 0.1) is 0 Å². The van der Waals surface area contributed by atoms with Gasteiger partial charge < -0.3 is 10.1 Å². The summed E-state index contributed by atoms with van der Waals surface area (Å²) in [5.41, 5.74) is 2.08. The summed E-state index contributed by atoms with van der Waals surface area (Å²) in [6.45, 7) is 4.16. The second kappa shape index (κ2) is 8.23. The monoisotopic (exact) mass is 297 g/mol. The molecule has 0 unspecified atom stereocenters. The quantitative estimate of drug-likeness (QED) is 0.837. The summed E-state index contributed by atoms with van der Waals surface area (Å²) in [6, 6.07) is 18.0. The Bertz CT molecular complexity index is 595. The molecule has 0 fully saturated rings. The molecule has 0 saturated carbocycles. The number of benzene rings is 2. The molecule has 0 heterocycles. The van der Waals surface area contributed by atoms with Crippen molar-refractivity contribution >= 4 is 5.91 Å². The van der Waals surface area contributed by atoms with Gasteiger partial charge >= 0.3 is 0 Å². The van der Waals surface area contributed by atoms with E-state index in [0.717, 1.165) is 29.7 Å². The highest BCUT2D eigenvalue weighted by molar-refractivity contribution is 5.78. The van der Waals surface area contributed by atoms with Gasteiger partial charge in [-0.1, -0.05) is 61.9 Å². The highest BCUT2D eigenvalue weighted by Gasteiger charge is 2.10. The molecule has 2 aromatic carbocycles. The van der Waals surface area contributed by atoms with Crippen molar-refractivity contribution in [3.05, 3.63) is 54.6 Å². The molecule has 0 spiro atoms. The van der Waals surface area contributed by atoms with Crippen molar-refractivity contribution in [2.45, 2.75) is 32.7 Å². The Morgan fingerprint density at radius 1 is 1.09 bits per heavy atom. The molecule has 0 aliphatic rings. The summed E-state index contributed by atoms with van der Waals surface area (Å²) in [4.78, 5) is 11.9. The number of carbonyl (C=O) groups excluding carboxylic acids is 1. The van der Waals surface area contributed by atoms with Gasteiger partial charge in [0.25, 0.3) is 5.91 Å². The van der Waals surface area contributed by atoms with Crippen LogP contribution >= 0.6 is 0 Å². The highest BCUT2D eigenvalue weighted by Crippen LogP contribution is 2.29. The first-order valence-corrected chi connectivity index (χ1v) is 7.77. The molecule has 1 atom stereocenters. The molecule has 116 valence electrons. The normalized spacial score (nSPS) is 11.7. The van der Waals surface area contributed by atoms with E-state index in [9.17, 15) is 4.79 Å². The Balaban J connectivity index is 2.00. The Morgan fingerprint density at radius 3 is 2.50 bits per heavy atom. The molecular weight excluding hydrogens is 274 g/mol. The lowest BCUT2D eigenvalue weighted by atomic mass is 10.1. The molecule has 0 aliphatic carbocycles. The fourth-order valence-electron chi connectivity index (χ4n) is 2.41. The van der Waals surface area contributed by atoms with Crippen molar-refractivity contribution in [3.63, 3.8) is 0 Å². The topological polar surface area (TPSA) is 38.3 Å². The zero-order chi connectivity index (χ0) is 15.8. The van der Waals surface area contributed by atoms with Crippen LogP contribution in [0.15, 0.2) is 54.6 Å². The predicted octanol–water partition coefficient (Wildman–Crippen LogP) is 4.04. The van der Waals surface area contributed by atoms with Gasteiger partial charge in [-0.05, 0) is 25.0 Å². The minimum Gasteiger partial charge on any atom is -0.483 e. The van der Waals surface area contributed by atoms with Gasteiger partial charge in [0.05, 0.1) is 0 Å². The SMILES string of the molecule is CCC[C@H](C)NC(=O)COc1ccccc1-c1ccccc1. The number of nitrogens with one attached hydrogen (secondary N) is 1. The van der Waals surface area contributed by atoms with Crippen LogP contribution in [-0.2, 0) is 4.79 Å². The number of amides is 1. The average Bonchev–Trinajstić information content (AvgIpc) is 2.54.